The van der Waals surface area contributed by atoms with E-state index in [4.69, 9.17) is 0 Å². The van der Waals surface area contributed by atoms with E-state index in [-0.39, 0.29) is 23.4 Å². The molecule has 6 nitrogen and oxygen atoms in total. The van der Waals surface area contributed by atoms with Gasteiger partial charge in [-0.1, -0.05) is 50.2 Å². The first-order valence-electron chi connectivity index (χ1n) is 11.0. The number of Topliss-reactive ketones (excluding diaryl/α,β-unsaturated/α-hetero) is 2. The third-order valence-corrected chi connectivity index (χ3v) is 7.42. The molecule has 3 rings (SSSR count). The molecule has 2 aromatic rings. The van der Waals surface area contributed by atoms with Crippen LogP contribution >= 0.6 is 0 Å². The second kappa shape index (κ2) is 9.69. The summed E-state index contributed by atoms with van der Waals surface area (Å²) >= 11 is 0. The lowest BCUT2D eigenvalue weighted by Gasteiger charge is -2.33. The lowest BCUT2D eigenvalue weighted by molar-refractivity contribution is 0.0946. The van der Waals surface area contributed by atoms with Crippen molar-refractivity contribution in [3.63, 3.8) is 0 Å². The van der Waals surface area contributed by atoms with Gasteiger partial charge in [-0.3, -0.25) is 13.9 Å². The van der Waals surface area contributed by atoms with Crippen molar-refractivity contribution in [1.29, 1.82) is 0 Å². The molecule has 0 spiro atoms. The number of sulfonamides is 1. The van der Waals surface area contributed by atoms with Gasteiger partial charge >= 0.3 is 0 Å². The lowest BCUT2D eigenvalue weighted by Crippen LogP contribution is -2.42. The number of carbonyl (C=O) groups excluding carboxylic acids is 2. The van der Waals surface area contributed by atoms with Crippen molar-refractivity contribution in [2.75, 3.05) is 23.9 Å². The van der Waals surface area contributed by atoms with E-state index in [1.165, 1.54) is 10.4 Å². The Morgan fingerprint density at radius 1 is 0.812 bits per heavy atom. The summed E-state index contributed by atoms with van der Waals surface area (Å²) in [5.74, 6) is -1.04. The van der Waals surface area contributed by atoms with Crippen LogP contribution in [-0.4, -0.2) is 44.5 Å². The molecule has 0 radical (unpaired) electrons. The molecule has 0 amide bonds. The number of allylic oxidation sites excluding steroid dienone is 2. The molecule has 0 aromatic heterocycles. The SMILES string of the molecule is CCCN(CCC)C1=C(S(=O)(=O)N(CC)c2cccc(C)c2)C(=O)c2ccccc2C1=O. The van der Waals surface area contributed by atoms with E-state index in [9.17, 15) is 18.0 Å². The third-order valence-electron chi connectivity index (χ3n) is 5.48. The van der Waals surface area contributed by atoms with Gasteiger partial charge in [-0.25, -0.2) is 8.42 Å². The number of benzene rings is 2. The molecule has 32 heavy (non-hydrogen) atoms. The lowest BCUT2D eigenvalue weighted by atomic mass is 9.91. The average molecular weight is 455 g/mol. The van der Waals surface area contributed by atoms with Crippen LogP contribution in [0.2, 0.25) is 0 Å². The van der Waals surface area contributed by atoms with Gasteiger partial charge < -0.3 is 4.90 Å². The molecule has 1 aliphatic rings. The van der Waals surface area contributed by atoms with Gasteiger partial charge in [0.2, 0.25) is 11.6 Å². The first-order chi connectivity index (χ1) is 15.3. The van der Waals surface area contributed by atoms with Crippen molar-refractivity contribution in [2.45, 2.75) is 40.5 Å². The number of hydrogen-bond donors (Lipinski definition) is 0. The molecule has 2 aromatic carbocycles. The number of carbonyl (C=O) groups is 2. The second-order valence-electron chi connectivity index (χ2n) is 7.88. The maximum absolute atomic E-state index is 14.0. The largest absolute Gasteiger partial charge is 0.367 e. The summed E-state index contributed by atoms with van der Waals surface area (Å²) in [6.45, 7) is 8.63. The summed E-state index contributed by atoms with van der Waals surface area (Å²) in [5, 5.41) is 0. The number of aryl methyl sites for hydroxylation is 1. The van der Waals surface area contributed by atoms with Crippen molar-refractivity contribution in [3.05, 3.63) is 75.8 Å². The Balaban J connectivity index is 2.30. The van der Waals surface area contributed by atoms with E-state index in [1.807, 2.05) is 26.8 Å². The molecular formula is C25H30N2O4S. The summed E-state index contributed by atoms with van der Waals surface area (Å²) in [6, 6.07) is 13.6. The maximum atomic E-state index is 14.0. The highest BCUT2D eigenvalue weighted by atomic mass is 32.2. The predicted molar refractivity (Wildman–Crippen MR) is 127 cm³/mol. The number of anilines is 1. The molecule has 170 valence electrons. The van der Waals surface area contributed by atoms with Crippen LogP contribution in [0.15, 0.2) is 59.1 Å². The molecule has 0 saturated carbocycles. The Labute approximate surface area is 190 Å². The minimum absolute atomic E-state index is 0.0106. The number of rotatable bonds is 9. The fourth-order valence-corrected chi connectivity index (χ4v) is 5.89. The Hall–Kier alpha value is -2.93. The number of hydrogen-bond acceptors (Lipinski definition) is 5. The molecule has 0 N–H and O–H groups in total. The van der Waals surface area contributed by atoms with Crippen molar-refractivity contribution >= 4 is 27.3 Å². The summed E-state index contributed by atoms with van der Waals surface area (Å²) in [4.78, 5) is 28.5. The molecule has 0 fully saturated rings. The normalized spacial score (nSPS) is 13.9. The molecule has 0 bridgehead atoms. The molecule has 1 aliphatic carbocycles. The van der Waals surface area contributed by atoms with Crippen LogP contribution in [0.25, 0.3) is 0 Å². The summed E-state index contributed by atoms with van der Waals surface area (Å²) in [5.41, 5.74) is 1.75. The molecule has 7 heteroatoms. The van der Waals surface area contributed by atoms with Gasteiger partial charge in [0, 0.05) is 30.8 Å². The highest BCUT2D eigenvalue weighted by Crippen LogP contribution is 2.35. The number of ketones is 2. The molecule has 0 atom stereocenters. The van der Waals surface area contributed by atoms with Gasteiger partial charge in [-0.05, 0) is 44.4 Å². The van der Waals surface area contributed by atoms with Crippen LogP contribution in [0.1, 0.15) is 59.9 Å². The molecular weight excluding hydrogens is 424 g/mol. The Morgan fingerprint density at radius 2 is 1.41 bits per heavy atom. The smallest absolute Gasteiger partial charge is 0.270 e. The molecule has 0 saturated heterocycles. The highest BCUT2D eigenvalue weighted by Gasteiger charge is 2.43. The zero-order chi connectivity index (χ0) is 23.5. The minimum Gasteiger partial charge on any atom is -0.367 e. The van der Waals surface area contributed by atoms with Crippen molar-refractivity contribution in [3.8, 4) is 0 Å². The van der Waals surface area contributed by atoms with Crippen LogP contribution in [0.4, 0.5) is 5.69 Å². The quantitative estimate of drug-likeness (QED) is 0.555. The van der Waals surface area contributed by atoms with Gasteiger partial charge in [0.15, 0.2) is 4.91 Å². The Morgan fingerprint density at radius 3 is 1.94 bits per heavy atom. The topological polar surface area (TPSA) is 74.8 Å². The van der Waals surface area contributed by atoms with E-state index >= 15 is 0 Å². The van der Waals surface area contributed by atoms with E-state index in [1.54, 1.807) is 48.2 Å². The summed E-state index contributed by atoms with van der Waals surface area (Å²) < 4.78 is 29.2. The van der Waals surface area contributed by atoms with Crippen LogP contribution in [0.3, 0.4) is 0 Å². The second-order valence-corrected chi connectivity index (χ2v) is 9.68. The average Bonchev–Trinajstić information content (AvgIpc) is 2.76. The van der Waals surface area contributed by atoms with Crippen molar-refractivity contribution in [2.24, 2.45) is 0 Å². The standard InChI is InChI=1S/C25H30N2O4S/c1-5-15-26(16-6-2)22-23(28)20-13-8-9-14-21(20)24(29)25(22)32(30,31)27(7-3)19-12-10-11-18(4)17-19/h8-14,17H,5-7,15-16H2,1-4H3. The molecule has 0 heterocycles. The van der Waals surface area contributed by atoms with E-state index in [0.29, 0.717) is 18.8 Å². The van der Waals surface area contributed by atoms with Gasteiger partial charge in [0.05, 0.1) is 5.69 Å². The van der Waals surface area contributed by atoms with E-state index in [0.717, 1.165) is 18.4 Å². The first-order valence-corrected chi connectivity index (χ1v) is 12.5. The Kier molecular flexibility index (Phi) is 7.19. The monoisotopic (exact) mass is 454 g/mol. The number of nitrogens with zero attached hydrogens (tertiary/aromatic N) is 2. The van der Waals surface area contributed by atoms with Gasteiger partial charge in [-0.2, -0.15) is 0 Å². The van der Waals surface area contributed by atoms with Crippen LogP contribution < -0.4 is 4.31 Å². The first kappa shape index (κ1) is 23.7. The molecule has 0 aliphatic heterocycles. The van der Waals surface area contributed by atoms with Gasteiger partial charge in [0.1, 0.15) is 5.70 Å². The van der Waals surface area contributed by atoms with Crippen LogP contribution in [-0.2, 0) is 10.0 Å². The predicted octanol–water partition coefficient (Wildman–Crippen LogP) is 4.56. The fourth-order valence-electron chi connectivity index (χ4n) is 4.13. The van der Waals surface area contributed by atoms with Crippen molar-refractivity contribution in [1.82, 2.24) is 4.90 Å². The zero-order valence-corrected chi connectivity index (χ0v) is 19.9. The Bertz CT molecular complexity index is 1160. The fraction of sp³-hybridized carbons (Fsp3) is 0.360. The zero-order valence-electron chi connectivity index (χ0n) is 19.1. The van der Waals surface area contributed by atoms with Gasteiger partial charge in [0.25, 0.3) is 10.0 Å². The maximum Gasteiger partial charge on any atom is 0.270 e. The molecule has 0 unspecified atom stereocenters. The van der Waals surface area contributed by atoms with Crippen molar-refractivity contribution < 1.29 is 18.0 Å². The van der Waals surface area contributed by atoms with E-state index < -0.39 is 26.5 Å². The summed E-state index contributed by atoms with van der Waals surface area (Å²) in [6.07, 6.45) is 1.44. The summed E-state index contributed by atoms with van der Waals surface area (Å²) in [7, 11) is -4.30. The van der Waals surface area contributed by atoms with Crippen LogP contribution in [0.5, 0.6) is 0 Å². The number of fused-ring (bicyclic) bond motifs is 1. The third kappa shape index (κ3) is 4.21. The van der Waals surface area contributed by atoms with Crippen LogP contribution in [0, 0.1) is 6.92 Å². The van der Waals surface area contributed by atoms with E-state index in [2.05, 4.69) is 0 Å². The highest BCUT2D eigenvalue weighted by molar-refractivity contribution is 7.97. The van der Waals surface area contributed by atoms with Gasteiger partial charge in [-0.15, -0.1) is 0 Å². The minimum atomic E-state index is -4.30.